The summed E-state index contributed by atoms with van der Waals surface area (Å²) >= 11 is 0. The minimum atomic E-state index is 0.169. The Morgan fingerprint density at radius 3 is 2.53 bits per heavy atom. The first-order valence-corrected chi connectivity index (χ1v) is 6.58. The summed E-state index contributed by atoms with van der Waals surface area (Å²) in [6.07, 6.45) is 8.89. The summed E-state index contributed by atoms with van der Waals surface area (Å²) in [6, 6.07) is 0. The van der Waals surface area contributed by atoms with Crippen LogP contribution in [0, 0.1) is 11.8 Å². The average molecular weight is 211 g/mol. The van der Waals surface area contributed by atoms with Gasteiger partial charge in [-0.3, -0.25) is 0 Å². The van der Waals surface area contributed by atoms with E-state index in [4.69, 9.17) is 10.5 Å². The van der Waals surface area contributed by atoms with Gasteiger partial charge in [0, 0.05) is 18.8 Å². The Morgan fingerprint density at radius 2 is 1.93 bits per heavy atom. The van der Waals surface area contributed by atoms with Gasteiger partial charge in [-0.15, -0.1) is 0 Å². The van der Waals surface area contributed by atoms with Gasteiger partial charge < -0.3 is 10.5 Å². The maximum absolute atomic E-state index is 6.52. The van der Waals surface area contributed by atoms with Crippen molar-refractivity contribution < 1.29 is 4.74 Å². The molecule has 1 saturated heterocycles. The minimum absolute atomic E-state index is 0.169. The lowest BCUT2D eigenvalue weighted by molar-refractivity contribution is 0.0561. The van der Waals surface area contributed by atoms with Crippen LogP contribution in [0.2, 0.25) is 0 Å². The normalized spacial score (nSPS) is 38.4. The van der Waals surface area contributed by atoms with E-state index in [-0.39, 0.29) is 5.54 Å². The number of hydrogen-bond acceptors (Lipinski definition) is 2. The Morgan fingerprint density at radius 1 is 1.20 bits per heavy atom. The topological polar surface area (TPSA) is 35.2 Å². The Labute approximate surface area is 93.6 Å². The van der Waals surface area contributed by atoms with Gasteiger partial charge in [-0.1, -0.05) is 13.3 Å². The molecular weight excluding hydrogens is 186 g/mol. The molecule has 1 aliphatic carbocycles. The summed E-state index contributed by atoms with van der Waals surface area (Å²) in [6.45, 7) is 4.21. The van der Waals surface area contributed by atoms with Gasteiger partial charge in [-0.05, 0) is 50.4 Å². The van der Waals surface area contributed by atoms with Crippen molar-refractivity contribution in [3.05, 3.63) is 0 Å². The van der Waals surface area contributed by atoms with Crippen molar-refractivity contribution in [1.29, 1.82) is 0 Å². The molecule has 1 heterocycles. The zero-order valence-corrected chi connectivity index (χ0v) is 10.0. The fourth-order valence-corrected chi connectivity index (χ4v) is 3.33. The zero-order valence-electron chi connectivity index (χ0n) is 10.0. The van der Waals surface area contributed by atoms with Crippen LogP contribution in [-0.4, -0.2) is 18.8 Å². The number of nitrogens with two attached hydrogens (primary N) is 1. The molecule has 2 fully saturated rings. The molecule has 1 aliphatic heterocycles. The van der Waals surface area contributed by atoms with E-state index in [1.54, 1.807) is 0 Å². The van der Waals surface area contributed by atoms with Crippen LogP contribution in [0.1, 0.15) is 51.9 Å². The molecule has 0 aromatic rings. The van der Waals surface area contributed by atoms with Crippen LogP contribution in [0.4, 0.5) is 0 Å². The third-order valence-corrected chi connectivity index (χ3v) is 4.36. The molecule has 2 unspecified atom stereocenters. The average Bonchev–Trinajstić information content (AvgIpc) is 2.61. The third-order valence-electron chi connectivity index (χ3n) is 4.36. The quantitative estimate of drug-likeness (QED) is 0.779. The second-order valence-corrected chi connectivity index (χ2v) is 5.64. The summed E-state index contributed by atoms with van der Waals surface area (Å²) in [5, 5.41) is 0. The molecule has 2 atom stereocenters. The van der Waals surface area contributed by atoms with Crippen molar-refractivity contribution in [2.24, 2.45) is 17.6 Å². The van der Waals surface area contributed by atoms with E-state index in [9.17, 15) is 0 Å². The van der Waals surface area contributed by atoms with E-state index in [1.807, 2.05) is 0 Å². The van der Waals surface area contributed by atoms with Crippen molar-refractivity contribution >= 4 is 0 Å². The Kier molecular flexibility index (Phi) is 3.68. The molecule has 1 saturated carbocycles. The van der Waals surface area contributed by atoms with Gasteiger partial charge >= 0.3 is 0 Å². The Bertz CT molecular complexity index is 201. The molecule has 0 radical (unpaired) electrons. The van der Waals surface area contributed by atoms with Crippen molar-refractivity contribution in [2.45, 2.75) is 57.4 Å². The number of ether oxygens (including phenoxy) is 1. The lowest BCUT2D eigenvalue weighted by Crippen LogP contribution is -2.40. The molecule has 0 bridgehead atoms. The summed E-state index contributed by atoms with van der Waals surface area (Å²) in [7, 11) is 0. The largest absolute Gasteiger partial charge is 0.381 e. The van der Waals surface area contributed by atoms with Gasteiger partial charge in [-0.25, -0.2) is 0 Å². The SMILES string of the molecule is CCC1CCC(N)(CC2CCOCC2)C1. The molecular formula is C13H25NO. The van der Waals surface area contributed by atoms with Crippen LogP contribution in [0.5, 0.6) is 0 Å². The highest BCUT2D eigenvalue weighted by Crippen LogP contribution is 2.39. The molecule has 88 valence electrons. The van der Waals surface area contributed by atoms with Crippen LogP contribution in [0.25, 0.3) is 0 Å². The zero-order chi connectivity index (χ0) is 10.7. The highest BCUT2D eigenvalue weighted by Gasteiger charge is 2.36. The predicted octanol–water partition coefficient (Wildman–Crippen LogP) is 2.71. The molecule has 2 aliphatic rings. The van der Waals surface area contributed by atoms with E-state index >= 15 is 0 Å². The second kappa shape index (κ2) is 4.84. The fourth-order valence-electron chi connectivity index (χ4n) is 3.33. The van der Waals surface area contributed by atoms with Crippen molar-refractivity contribution in [3.63, 3.8) is 0 Å². The summed E-state index contributed by atoms with van der Waals surface area (Å²) < 4.78 is 5.40. The maximum atomic E-state index is 6.52. The van der Waals surface area contributed by atoms with Crippen LogP contribution >= 0.6 is 0 Å². The van der Waals surface area contributed by atoms with Crippen LogP contribution in [0.15, 0.2) is 0 Å². The molecule has 0 aromatic carbocycles. The van der Waals surface area contributed by atoms with E-state index in [0.29, 0.717) is 0 Å². The Hall–Kier alpha value is -0.0800. The molecule has 0 amide bonds. The third kappa shape index (κ3) is 2.94. The first kappa shape index (κ1) is 11.4. The summed E-state index contributed by atoms with van der Waals surface area (Å²) in [5.41, 5.74) is 6.68. The first-order valence-electron chi connectivity index (χ1n) is 6.58. The molecule has 2 nitrogen and oxygen atoms in total. The number of hydrogen-bond donors (Lipinski definition) is 1. The molecule has 0 spiro atoms. The van der Waals surface area contributed by atoms with Gasteiger partial charge in [0.05, 0.1) is 0 Å². The molecule has 15 heavy (non-hydrogen) atoms. The lowest BCUT2D eigenvalue weighted by atomic mass is 9.82. The molecule has 0 aromatic heterocycles. The monoisotopic (exact) mass is 211 g/mol. The van der Waals surface area contributed by atoms with Gasteiger partial charge in [0.15, 0.2) is 0 Å². The van der Waals surface area contributed by atoms with E-state index in [1.165, 1.54) is 44.9 Å². The highest BCUT2D eigenvalue weighted by molar-refractivity contribution is 4.94. The summed E-state index contributed by atoms with van der Waals surface area (Å²) in [4.78, 5) is 0. The number of rotatable bonds is 3. The molecule has 2 N–H and O–H groups in total. The van der Waals surface area contributed by atoms with Gasteiger partial charge in [-0.2, -0.15) is 0 Å². The van der Waals surface area contributed by atoms with Gasteiger partial charge in [0.1, 0.15) is 0 Å². The van der Waals surface area contributed by atoms with Crippen LogP contribution in [0.3, 0.4) is 0 Å². The maximum Gasteiger partial charge on any atom is 0.0468 e. The second-order valence-electron chi connectivity index (χ2n) is 5.64. The van der Waals surface area contributed by atoms with Crippen molar-refractivity contribution in [3.8, 4) is 0 Å². The van der Waals surface area contributed by atoms with E-state index in [0.717, 1.165) is 25.0 Å². The molecule has 2 rings (SSSR count). The van der Waals surface area contributed by atoms with Gasteiger partial charge in [0.25, 0.3) is 0 Å². The molecule has 2 heteroatoms. The summed E-state index contributed by atoms with van der Waals surface area (Å²) in [5.74, 6) is 1.73. The van der Waals surface area contributed by atoms with Crippen LogP contribution in [-0.2, 0) is 4.74 Å². The minimum Gasteiger partial charge on any atom is -0.381 e. The van der Waals surface area contributed by atoms with Crippen molar-refractivity contribution in [2.75, 3.05) is 13.2 Å². The van der Waals surface area contributed by atoms with Crippen LogP contribution < -0.4 is 5.73 Å². The van der Waals surface area contributed by atoms with E-state index < -0.39 is 0 Å². The van der Waals surface area contributed by atoms with E-state index in [2.05, 4.69) is 6.92 Å². The lowest BCUT2D eigenvalue weighted by Gasteiger charge is -2.31. The first-order chi connectivity index (χ1) is 7.22. The fraction of sp³-hybridized carbons (Fsp3) is 1.00. The van der Waals surface area contributed by atoms with Crippen molar-refractivity contribution in [1.82, 2.24) is 0 Å². The van der Waals surface area contributed by atoms with Gasteiger partial charge in [0.2, 0.25) is 0 Å². The highest BCUT2D eigenvalue weighted by atomic mass is 16.5. The standard InChI is InChI=1S/C13H25NO/c1-2-11-3-6-13(14,9-11)10-12-4-7-15-8-5-12/h11-12H,2-10,14H2,1H3. The Balaban J connectivity index is 1.82. The predicted molar refractivity (Wildman–Crippen MR) is 62.7 cm³/mol. The smallest absolute Gasteiger partial charge is 0.0468 e.